The van der Waals surface area contributed by atoms with E-state index in [9.17, 15) is 0 Å². The molecule has 2 heterocycles. The van der Waals surface area contributed by atoms with Crippen LogP contribution in [-0.2, 0) is 16.2 Å². The Morgan fingerprint density at radius 3 is 0.769 bits per heavy atom. The third kappa shape index (κ3) is 4.13. The number of ether oxygens (including phenoxy) is 2. The topological polar surface area (TPSA) is 18.5 Å². The summed E-state index contributed by atoms with van der Waals surface area (Å²) in [6.07, 6.45) is 0. The van der Waals surface area contributed by atoms with E-state index in [1.165, 1.54) is 77.9 Å². The van der Waals surface area contributed by atoms with Crippen LogP contribution < -0.4 is 9.47 Å². The van der Waals surface area contributed by atoms with Gasteiger partial charge in [0.15, 0.2) is 0 Å². The molecule has 0 amide bonds. The fourth-order valence-corrected chi connectivity index (χ4v) is 13.2. The summed E-state index contributed by atoms with van der Waals surface area (Å²) in [5, 5.41) is 0. The zero-order valence-electron chi connectivity index (χ0n) is 35.3. The maximum atomic E-state index is 6.77. The molecule has 10 aromatic rings. The third-order valence-corrected chi connectivity index (χ3v) is 15.5. The van der Waals surface area contributed by atoms with Crippen molar-refractivity contribution in [3.63, 3.8) is 0 Å². The van der Waals surface area contributed by atoms with Gasteiger partial charge < -0.3 is 9.47 Å². The van der Waals surface area contributed by atoms with Crippen molar-refractivity contribution in [1.82, 2.24) is 0 Å². The summed E-state index contributed by atoms with van der Waals surface area (Å²) in [7, 11) is 0. The van der Waals surface area contributed by atoms with E-state index in [0.29, 0.717) is 0 Å². The summed E-state index contributed by atoms with van der Waals surface area (Å²) < 4.78 is 13.5. The number of benzene rings is 10. The van der Waals surface area contributed by atoms with Crippen molar-refractivity contribution >= 4 is 0 Å². The van der Waals surface area contributed by atoms with Crippen LogP contribution in [0.25, 0.3) is 33.4 Å². The fraction of sp³-hybridized carbons (Fsp3) is 0.0476. The van der Waals surface area contributed by atoms with Crippen LogP contribution in [0.3, 0.4) is 0 Å². The van der Waals surface area contributed by atoms with Crippen molar-refractivity contribution < 1.29 is 9.47 Å². The van der Waals surface area contributed by atoms with Gasteiger partial charge in [0.25, 0.3) is 0 Å². The van der Waals surface area contributed by atoms with Crippen molar-refractivity contribution in [3.05, 3.63) is 297 Å². The first-order valence-electron chi connectivity index (χ1n) is 22.7. The van der Waals surface area contributed by atoms with E-state index in [1.807, 2.05) is 0 Å². The Bertz CT molecular complexity index is 3370. The molecule has 2 spiro atoms. The molecule has 2 aliphatic heterocycles. The number of hydrogen-bond donors (Lipinski definition) is 0. The molecule has 5 aliphatic rings. The van der Waals surface area contributed by atoms with Gasteiger partial charge in [0.05, 0.1) is 16.2 Å². The second-order valence-corrected chi connectivity index (χ2v) is 18.1. The van der Waals surface area contributed by atoms with Gasteiger partial charge in [-0.25, -0.2) is 0 Å². The Hall–Kier alpha value is -8.20. The molecule has 15 rings (SSSR count). The lowest BCUT2D eigenvalue weighted by Gasteiger charge is -2.41. The summed E-state index contributed by atoms with van der Waals surface area (Å²) >= 11 is 0. The van der Waals surface area contributed by atoms with Crippen molar-refractivity contribution in [1.29, 1.82) is 0 Å². The van der Waals surface area contributed by atoms with Gasteiger partial charge in [-0.05, 0) is 102 Å². The van der Waals surface area contributed by atoms with E-state index in [4.69, 9.17) is 9.47 Å². The highest BCUT2D eigenvalue weighted by Gasteiger charge is 2.55. The first kappa shape index (κ1) is 35.3. The molecule has 0 N–H and O–H groups in total. The average molecular weight is 827 g/mol. The van der Waals surface area contributed by atoms with Crippen molar-refractivity contribution in [3.8, 4) is 56.4 Å². The molecule has 0 radical (unpaired) electrons. The van der Waals surface area contributed by atoms with Crippen LogP contribution in [0.2, 0.25) is 0 Å². The molecule has 0 unspecified atom stereocenters. The van der Waals surface area contributed by atoms with Gasteiger partial charge in [0.1, 0.15) is 23.0 Å². The average Bonchev–Trinajstić information content (AvgIpc) is 3.95. The van der Waals surface area contributed by atoms with Crippen molar-refractivity contribution in [2.75, 3.05) is 0 Å². The monoisotopic (exact) mass is 826 g/mol. The Morgan fingerprint density at radius 1 is 0.200 bits per heavy atom. The van der Waals surface area contributed by atoms with Crippen LogP contribution in [0, 0.1) is 0 Å². The van der Waals surface area contributed by atoms with E-state index in [2.05, 4.69) is 231 Å². The van der Waals surface area contributed by atoms with Crippen molar-refractivity contribution in [2.45, 2.75) is 16.2 Å². The van der Waals surface area contributed by atoms with Crippen LogP contribution in [-0.4, -0.2) is 0 Å². The van der Waals surface area contributed by atoms with Gasteiger partial charge in [0, 0.05) is 22.3 Å². The zero-order chi connectivity index (χ0) is 42.5. The minimum absolute atomic E-state index is 0.606. The predicted molar refractivity (Wildman–Crippen MR) is 259 cm³/mol. The fourth-order valence-electron chi connectivity index (χ4n) is 13.2. The molecule has 65 heavy (non-hydrogen) atoms. The zero-order valence-corrected chi connectivity index (χ0v) is 35.3. The van der Waals surface area contributed by atoms with Gasteiger partial charge >= 0.3 is 0 Å². The lowest BCUT2D eigenvalue weighted by molar-refractivity contribution is 0.436. The first-order valence-corrected chi connectivity index (χ1v) is 22.7. The lowest BCUT2D eigenvalue weighted by atomic mass is 9.62. The van der Waals surface area contributed by atoms with Crippen molar-refractivity contribution in [2.24, 2.45) is 0 Å². The van der Waals surface area contributed by atoms with Crippen LogP contribution in [0.1, 0.15) is 66.8 Å². The largest absolute Gasteiger partial charge is 0.457 e. The predicted octanol–water partition coefficient (Wildman–Crippen LogP) is 15.0. The Kier molecular flexibility index (Phi) is 6.78. The lowest BCUT2D eigenvalue weighted by Crippen LogP contribution is -2.34. The van der Waals surface area contributed by atoms with Crippen LogP contribution in [0.5, 0.6) is 23.0 Å². The Labute approximate surface area is 377 Å². The maximum Gasteiger partial charge on any atom is 0.132 e. The number of hydrogen-bond acceptors (Lipinski definition) is 2. The summed E-state index contributed by atoms with van der Waals surface area (Å²) in [6, 6.07) is 85.8. The van der Waals surface area contributed by atoms with Crippen LogP contribution >= 0.6 is 0 Å². The minimum Gasteiger partial charge on any atom is -0.457 e. The molecule has 0 saturated carbocycles. The van der Waals surface area contributed by atoms with Gasteiger partial charge in [-0.15, -0.1) is 0 Å². The number of fused-ring (bicyclic) bond motifs is 21. The second-order valence-electron chi connectivity index (χ2n) is 18.1. The molecule has 2 heteroatoms. The first-order chi connectivity index (χ1) is 32.2. The SMILES string of the molecule is c1ccc2c(c1)Oc1ccccc1C21c2ccccc2-c2ccc(C3(c4ccc5c(c4)C4(c6ccccc6Oc6ccccc64)c4ccccc4-5)c4ccccc4-c4ccccc43)cc21. The van der Waals surface area contributed by atoms with E-state index in [1.54, 1.807) is 0 Å². The van der Waals surface area contributed by atoms with Crippen LogP contribution in [0.15, 0.2) is 231 Å². The Morgan fingerprint density at radius 2 is 0.446 bits per heavy atom. The smallest absolute Gasteiger partial charge is 0.132 e. The highest BCUT2D eigenvalue weighted by atomic mass is 16.5. The molecule has 0 saturated heterocycles. The number of para-hydroxylation sites is 4. The van der Waals surface area contributed by atoms with Gasteiger partial charge in [-0.1, -0.05) is 206 Å². The van der Waals surface area contributed by atoms with Gasteiger partial charge in [0.2, 0.25) is 0 Å². The summed E-state index contributed by atoms with van der Waals surface area (Å²) in [6.45, 7) is 0. The highest BCUT2D eigenvalue weighted by molar-refractivity contribution is 5.93. The Balaban J connectivity index is 1.08. The van der Waals surface area contributed by atoms with Crippen LogP contribution in [0.4, 0.5) is 0 Å². The quantitative estimate of drug-likeness (QED) is 0.173. The molecule has 0 aromatic heterocycles. The number of rotatable bonds is 2. The highest BCUT2D eigenvalue weighted by Crippen LogP contribution is 2.66. The summed E-state index contributed by atoms with van der Waals surface area (Å²) in [5.41, 5.74) is 20.5. The minimum atomic E-state index is -0.683. The van der Waals surface area contributed by atoms with E-state index >= 15 is 0 Å². The second kappa shape index (κ2) is 12.5. The van der Waals surface area contributed by atoms with E-state index in [0.717, 1.165) is 45.3 Å². The van der Waals surface area contributed by atoms with Gasteiger partial charge in [-0.3, -0.25) is 0 Å². The molecule has 2 nitrogen and oxygen atoms in total. The third-order valence-electron chi connectivity index (χ3n) is 15.5. The molecule has 10 aromatic carbocycles. The molecular formula is C63H38O2. The molecule has 0 bridgehead atoms. The van der Waals surface area contributed by atoms with Gasteiger partial charge in [-0.2, -0.15) is 0 Å². The molecule has 3 aliphatic carbocycles. The normalized spacial score (nSPS) is 15.7. The molecular weight excluding hydrogens is 789 g/mol. The molecule has 0 fully saturated rings. The molecule has 0 atom stereocenters. The summed E-state index contributed by atoms with van der Waals surface area (Å²) in [5.74, 6) is 3.58. The summed E-state index contributed by atoms with van der Waals surface area (Å²) in [4.78, 5) is 0. The standard InChI is InChI=1S/C63H38O2/c1-5-21-47-41(17-1)42-18-2-6-22-48(42)61(47,39-33-35-45-43-19-3-7-23-49(43)62(55(45)37-39)51-25-9-13-29-57(51)64-58-30-14-10-26-52(58)62)40-34-36-46-44-20-4-8-24-50(44)63(56(46)38-40)53-27-11-15-31-59(53)65-60-32-16-12-28-54(60)63/h1-38H. The van der Waals surface area contributed by atoms with E-state index < -0.39 is 16.2 Å². The maximum absolute atomic E-state index is 6.77. The molecule has 302 valence electrons. The van der Waals surface area contributed by atoms with E-state index in [-0.39, 0.29) is 0 Å².